The zero-order valence-corrected chi connectivity index (χ0v) is 62.7. The number of hydrogen-bond donors (Lipinski definition) is 0. The van der Waals surface area contributed by atoms with Crippen LogP contribution >= 0.6 is 0 Å². The Bertz CT molecular complexity index is 1510. The van der Waals surface area contributed by atoms with Gasteiger partial charge in [0.1, 0.15) is 13.2 Å². The molecule has 0 fully saturated rings. The second-order valence-corrected chi connectivity index (χ2v) is 29.8. The summed E-state index contributed by atoms with van der Waals surface area (Å²) in [5.41, 5.74) is 0. The smallest absolute Gasteiger partial charge is 0.306 e. The Morgan fingerprint density at radius 2 is 0.554 bits per heavy atom. The second-order valence-electron chi connectivity index (χ2n) is 29.8. The van der Waals surface area contributed by atoms with Gasteiger partial charge in [-0.15, -0.1) is 0 Å². The molecule has 0 saturated heterocycles. The molecule has 0 aromatic rings. The summed E-state index contributed by atoms with van der Waals surface area (Å²) in [6, 6.07) is 0. The van der Waals surface area contributed by atoms with Gasteiger partial charge in [0, 0.05) is 12.8 Å². The molecule has 0 amide bonds. The lowest BCUT2D eigenvalue weighted by molar-refractivity contribution is -0.870. The average molecular weight is 1300 g/mol. The van der Waals surface area contributed by atoms with E-state index in [0.29, 0.717) is 17.4 Å². The van der Waals surface area contributed by atoms with E-state index in [-0.39, 0.29) is 32.2 Å². The number of unbranched alkanes of at least 4 members (excludes halogenated alkanes) is 62. The summed E-state index contributed by atoms with van der Waals surface area (Å²) >= 11 is 0. The van der Waals surface area contributed by atoms with E-state index in [9.17, 15) is 19.5 Å². The fourth-order valence-corrected chi connectivity index (χ4v) is 13.0. The third kappa shape index (κ3) is 75.4. The van der Waals surface area contributed by atoms with Crippen molar-refractivity contribution in [1.82, 2.24) is 0 Å². The molecule has 0 aliphatic carbocycles. The number of carbonyl (C=O) groups is 3. The first-order chi connectivity index (χ1) is 45.1. The van der Waals surface area contributed by atoms with Gasteiger partial charge in [-0.25, -0.2) is 0 Å². The highest BCUT2D eigenvalue weighted by Gasteiger charge is 2.22. The van der Waals surface area contributed by atoms with Crippen LogP contribution in [0.25, 0.3) is 0 Å². The second kappa shape index (κ2) is 74.8. The van der Waals surface area contributed by atoms with Crippen LogP contribution in [0.15, 0.2) is 12.2 Å². The fraction of sp³-hybridized carbons (Fsp3) is 0.940. The molecule has 0 aromatic carbocycles. The molecule has 2 atom stereocenters. The van der Waals surface area contributed by atoms with Crippen LogP contribution in [0.3, 0.4) is 0 Å². The van der Waals surface area contributed by atoms with Crippen LogP contribution in [0.4, 0.5) is 0 Å². The summed E-state index contributed by atoms with van der Waals surface area (Å²) in [4.78, 5) is 37.6. The number of allylic oxidation sites excluding steroid dienone is 2. The van der Waals surface area contributed by atoms with Gasteiger partial charge in [0.25, 0.3) is 0 Å². The van der Waals surface area contributed by atoms with Crippen LogP contribution in [-0.2, 0) is 33.3 Å². The molecular weight excluding hydrogens is 1140 g/mol. The number of rotatable bonds is 79. The molecule has 546 valence electrons. The number of likely N-dealkylation sites (N-methyl/N-ethyl adjacent to an activating group) is 1. The largest absolute Gasteiger partial charge is 0.545 e. The predicted molar refractivity (Wildman–Crippen MR) is 394 cm³/mol. The number of aliphatic carboxylic acids is 1. The lowest BCUT2D eigenvalue weighted by Crippen LogP contribution is -2.44. The van der Waals surface area contributed by atoms with Crippen molar-refractivity contribution in [3.05, 3.63) is 12.2 Å². The highest BCUT2D eigenvalue weighted by atomic mass is 16.7. The van der Waals surface area contributed by atoms with Crippen LogP contribution in [0, 0.1) is 0 Å². The van der Waals surface area contributed by atoms with Crippen molar-refractivity contribution in [1.29, 1.82) is 0 Å². The van der Waals surface area contributed by atoms with E-state index in [2.05, 4.69) is 26.0 Å². The van der Waals surface area contributed by atoms with Gasteiger partial charge in [-0.1, -0.05) is 405 Å². The maximum absolute atomic E-state index is 13.0. The number of ether oxygens (including phenoxy) is 4. The van der Waals surface area contributed by atoms with Crippen molar-refractivity contribution < 1.29 is 42.9 Å². The van der Waals surface area contributed by atoms with Gasteiger partial charge in [-0.3, -0.25) is 9.59 Å². The zero-order chi connectivity index (χ0) is 66.8. The van der Waals surface area contributed by atoms with Crippen molar-refractivity contribution in [2.24, 2.45) is 0 Å². The van der Waals surface area contributed by atoms with E-state index >= 15 is 0 Å². The molecule has 0 spiro atoms. The molecule has 92 heavy (non-hydrogen) atoms. The molecule has 0 aliphatic heterocycles. The van der Waals surface area contributed by atoms with Crippen molar-refractivity contribution in [2.45, 2.75) is 456 Å². The zero-order valence-electron chi connectivity index (χ0n) is 62.7. The Morgan fingerprint density at radius 1 is 0.315 bits per heavy atom. The first kappa shape index (κ1) is 90.0. The maximum atomic E-state index is 13.0. The topological polar surface area (TPSA) is 111 Å². The van der Waals surface area contributed by atoms with E-state index in [1.54, 1.807) is 0 Å². The molecule has 0 heterocycles. The van der Waals surface area contributed by atoms with Crippen molar-refractivity contribution in [3.8, 4) is 0 Å². The SMILES string of the molecule is CCCCCCCCCC/C=C\CCCCCCCCCCCCCCCCCCCCCCCCCCCCCC(=O)OC(COC(=O)CCCCCCCCCCCCCCCCCCCCCCCCCCCCCC)COC(OCC[N+](C)(C)C)C(=O)[O-]. The van der Waals surface area contributed by atoms with Crippen molar-refractivity contribution >= 4 is 17.9 Å². The van der Waals surface area contributed by atoms with Gasteiger partial charge in [0.15, 0.2) is 12.4 Å². The fourth-order valence-electron chi connectivity index (χ4n) is 13.0. The van der Waals surface area contributed by atoms with Gasteiger partial charge in [0.2, 0.25) is 0 Å². The Labute approximate surface area is 574 Å². The highest BCUT2D eigenvalue weighted by molar-refractivity contribution is 5.70. The molecule has 2 unspecified atom stereocenters. The Morgan fingerprint density at radius 3 is 0.804 bits per heavy atom. The van der Waals surface area contributed by atoms with E-state index in [1.807, 2.05) is 21.1 Å². The minimum Gasteiger partial charge on any atom is -0.545 e. The third-order valence-electron chi connectivity index (χ3n) is 19.3. The monoisotopic (exact) mass is 1300 g/mol. The van der Waals surface area contributed by atoms with Crippen molar-refractivity contribution in [3.63, 3.8) is 0 Å². The molecule has 0 saturated carbocycles. The predicted octanol–water partition coefficient (Wildman–Crippen LogP) is 25.0. The number of quaternary nitrogens is 1. The first-order valence-electron chi connectivity index (χ1n) is 41.3. The number of carbonyl (C=O) groups excluding carboxylic acids is 3. The summed E-state index contributed by atoms with van der Waals surface area (Å²) in [5, 5.41) is 11.9. The lowest BCUT2D eigenvalue weighted by Gasteiger charge is -2.26. The van der Waals surface area contributed by atoms with Gasteiger partial charge in [-0.2, -0.15) is 0 Å². The highest BCUT2D eigenvalue weighted by Crippen LogP contribution is 2.21. The Balaban J connectivity index is 3.92. The Kier molecular flexibility index (Phi) is 73.2. The molecular formula is C83H161NO8. The summed E-state index contributed by atoms with van der Waals surface area (Å²) in [7, 11) is 5.96. The quantitative estimate of drug-likeness (QED) is 0.0195. The number of nitrogens with zero attached hydrogens (tertiary/aromatic N) is 1. The molecule has 0 radical (unpaired) electrons. The summed E-state index contributed by atoms with van der Waals surface area (Å²) < 4.78 is 22.9. The number of carboxylic acids is 1. The maximum Gasteiger partial charge on any atom is 0.306 e. The standard InChI is InChI=1S/C83H161NO8/c1-6-8-10-12-14-16-18-20-22-24-26-28-30-32-34-36-37-38-39-40-41-42-43-44-45-46-48-50-52-54-56-58-60-62-64-66-68-70-72-74-81(86)92-79(78-91-83(82(87)88)89-76-75-84(3,4)5)77-90-80(85)73-71-69-67-65-63-61-59-57-55-53-51-49-47-35-33-31-29-27-25-23-21-19-17-15-13-11-9-7-2/h24,26,79,83H,6-23,25,27-78H2,1-5H3/b26-24-. The van der Waals surface area contributed by atoms with Crippen LogP contribution < -0.4 is 5.11 Å². The van der Waals surface area contributed by atoms with Gasteiger partial charge in [0.05, 0.1) is 40.3 Å². The van der Waals surface area contributed by atoms with E-state index < -0.39 is 24.3 Å². The molecule has 0 aromatic heterocycles. The molecule has 0 rings (SSSR count). The lowest BCUT2D eigenvalue weighted by atomic mass is 10.0. The van der Waals surface area contributed by atoms with Gasteiger partial charge >= 0.3 is 11.9 Å². The molecule has 9 heteroatoms. The van der Waals surface area contributed by atoms with Crippen LogP contribution in [0.5, 0.6) is 0 Å². The van der Waals surface area contributed by atoms with E-state index in [4.69, 9.17) is 18.9 Å². The van der Waals surface area contributed by atoms with Gasteiger partial charge < -0.3 is 33.3 Å². The van der Waals surface area contributed by atoms with Crippen LogP contribution in [0.2, 0.25) is 0 Å². The first-order valence-corrected chi connectivity index (χ1v) is 41.3. The minimum absolute atomic E-state index is 0.153. The summed E-state index contributed by atoms with van der Waals surface area (Å²) in [5.74, 6) is -2.24. The summed E-state index contributed by atoms with van der Waals surface area (Å²) in [6.07, 6.45) is 90.7. The molecule has 0 bridgehead atoms. The average Bonchev–Trinajstić information content (AvgIpc) is 3.75. The Hall–Kier alpha value is -1.97. The third-order valence-corrected chi connectivity index (χ3v) is 19.3. The van der Waals surface area contributed by atoms with Crippen LogP contribution in [-0.4, -0.2) is 82.3 Å². The van der Waals surface area contributed by atoms with Gasteiger partial charge in [-0.05, 0) is 38.5 Å². The number of carboxylic acid groups (broad SMARTS) is 1. The summed E-state index contributed by atoms with van der Waals surface area (Å²) in [6.45, 7) is 4.85. The molecule has 0 aliphatic rings. The molecule has 0 N–H and O–H groups in total. The minimum atomic E-state index is -1.62. The molecule has 9 nitrogen and oxygen atoms in total. The van der Waals surface area contributed by atoms with E-state index in [1.165, 1.54) is 379 Å². The van der Waals surface area contributed by atoms with E-state index in [0.717, 1.165) is 38.5 Å². The number of hydrogen-bond acceptors (Lipinski definition) is 8. The van der Waals surface area contributed by atoms with Crippen molar-refractivity contribution in [2.75, 3.05) is 47.5 Å². The number of esters is 2. The normalized spacial score (nSPS) is 12.6. The van der Waals surface area contributed by atoms with Crippen LogP contribution in [0.1, 0.15) is 444 Å².